The zero-order valence-electron chi connectivity index (χ0n) is 32.2. The molecule has 12 heteroatoms. The first-order valence-electron chi connectivity index (χ1n) is 17.7. The van der Waals surface area contributed by atoms with Crippen LogP contribution < -0.4 is 14.4 Å². The number of cyclic esters (lactones) is 1. The van der Waals surface area contributed by atoms with Crippen molar-refractivity contribution in [2.75, 3.05) is 18.6 Å². The molecule has 52 heavy (non-hydrogen) atoms. The monoisotopic (exact) mass is 727 g/mol. The predicted molar refractivity (Wildman–Crippen MR) is 195 cm³/mol. The molecule has 1 saturated heterocycles. The zero-order valence-corrected chi connectivity index (χ0v) is 32.2. The van der Waals surface area contributed by atoms with Crippen molar-refractivity contribution >= 4 is 23.8 Å². The van der Waals surface area contributed by atoms with Crippen molar-refractivity contribution in [3.8, 4) is 11.5 Å². The number of benzene rings is 2. The van der Waals surface area contributed by atoms with Crippen molar-refractivity contribution in [1.82, 2.24) is 0 Å². The number of amides is 1. The van der Waals surface area contributed by atoms with Crippen LogP contribution in [-0.4, -0.2) is 72.4 Å². The van der Waals surface area contributed by atoms with Gasteiger partial charge in [0.15, 0.2) is 5.79 Å². The van der Waals surface area contributed by atoms with Gasteiger partial charge in [0.25, 0.3) is 0 Å². The van der Waals surface area contributed by atoms with Gasteiger partial charge in [-0.2, -0.15) is 0 Å². The number of halogens is 1. The van der Waals surface area contributed by atoms with E-state index in [0.717, 1.165) is 5.56 Å². The third-order valence-corrected chi connectivity index (χ3v) is 8.49. The maximum Gasteiger partial charge on any atom is 0.414 e. The standard InChI is InChI=1S/C40H54FNO10/c1-12-42(37(45)52-38(4,5)6)28-21-27(33-32(22-28)49-40(9,10)51-36(33)44)14-13-15-31-35(50-39(7,8)48-31)34(30(41)20-24(2)25(3)43)47-23-26-16-18-29(46-11)19-17-26/h13-14,16-22,24-25,31,34-35,43H,12,15,23H2,1-11H3/t24-,25+,31+,34-,35+/m1/s1. The first-order chi connectivity index (χ1) is 24.2. The highest BCUT2D eigenvalue weighted by Gasteiger charge is 2.47. The molecule has 1 amide bonds. The Hall–Kier alpha value is -3.97. The Labute approximate surface area is 306 Å². The summed E-state index contributed by atoms with van der Waals surface area (Å²) in [6.07, 6.45) is 1.02. The number of carbonyl (C=O) groups excluding carboxylic acids is 2. The molecule has 2 aliphatic rings. The van der Waals surface area contributed by atoms with Crippen molar-refractivity contribution in [2.24, 2.45) is 5.92 Å². The lowest BCUT2D eigenvalue weighted by atomic mass is 9.98. The molecule has 0 spiro atoms. The molecule has 0 radical (unpaired) electrons. The minimum atomic E-state index is -1.23. The number of methoxy groups -OCH3 is 1. The van der Waals surface area contributed by atoms with Gasteiger partial charge in [0.05, 0.1) is 31.6 Å². The Morgan fingerprint density at radius 2 is 1.73 bits per heavy atom. The molecule has 0 saturated carbocycles. The van der Waals surface area contributed by atoms with E-state index in [9.17, 15) is 14.7 Å². The van der Waals surface area contributed by atoms with Gasteiger partial charge in [-0.25, -0.2) is 14.0 Å². The van der Waals surface area contributed by atoms with Crippen LogP contribution in [0.3, 0.4) is 0 Å². The Morgan fingerprint density at radius 1 is 1.06 bits per heavy atom. The van der Waals surface area contributed by atoms with Crippen LogP contribution in [0.5, 0.6) is 11.5 Å². The third kappa shape index (κ3) is 10.6. The van der Waals surface area contributed by atoms with Crippen LogP contribution in [-0.2, 0) is 30.3 Å². The summed E-state index contributed by atoms with van der Waals surface area (Å²) in [4.78, 5) is 28.0. The number of carbonyl (C=O) groups is 2. The normalized spacial score (nSPS) is 21.5. The van der Waals surface area contributed by atoms with E-state index < -0.39 is 65.4 Å². The summed E-state index contributed by atoms with van der Waals surface area (Å²) in [5.41, 5.74) is 1.17. The van der Waals surface area contributed by atoms with Gasteiger partial charge in [0, 0.05) is 32.4 Å². The summed E-state index contributed by atoms with van der Waals surface area (Å²) < 4.78 is 57.4. The molecule has 286 valence electrons. The number of aliphatic hydroxyl groups excluding tert-OH is 1. The molecule has 5 atom stereocenters. The van der Waals surface area contributed by atoms with Gasteiger partial charge in [0.1, 0.15) is 40.7 Å². The molecule has 0 aliphatic carbocycles. The summed E-state index contributed by atoms with van der Waals surface area (Å²) in [5, 5.41) is 10.1. The maximum atomic E-state index is 16.1. The highest BCUT2D eigenvalue weighted by molar-refractivity contribution is 6.00. The number of ether oxygens (including phenoxy) is 7. The molecule has 4 rings (SSSR count). The van der Waals surface area contributed by atoms with E-state index >= 15 is 4.39 Å². The van der Waals surface area contributed by atoms with Crippen molar-refractivity contribution in [1.29, 1.82) is 0 Å². The molecule has 2 aliphatic heterocycles. The van der Waals surface area contributed by atoms with Crippen LogP contribution in [0, 0.1) is 5.92 Å². The van der Waals surface area contributed by atoms with Crippen molar-refractivity contribution < 1.29 is 52.2 Å². The lowest BCUT2D eigenvalue weighted by molar-refractivity contribution is -0.158. The Kier molecular flexibility index (Phi) is 12.8. The highest BCUT2D eigenvalue weighted by Crippen LogP contribution is 2.39. The fourth-order valence-corrected chi connectivity index (χ4v) is 5.86. The Bertz CT molecular complexity index is 1630. The molecule has 0 aromatic heterocycles. The van der Waals surface area contributed by atoms with Crippen molar-refractivity contribution in [3.63, 3.8) is 0 Å². The van der Waals surface area contributed by atoms with E-state index in [-0.39, 0.29) is 24.3 Å². The van der Waals surface area contributed by atoms with E-state index in [2.05, 4.69) is 0 Å². The lowest BCUT2D eigenvalue weighted by Gasteiger charge is -2.33. The van der Waals surface area contributed by atoms with E-state index in [1.807, 2.05) is 19.1 Å². The van der Waals surface area contributed by atoms with Crippen LogP contribution in [0.25, 0.3) is 6.08 Å². The highest BCUT2D eigenvalue weighted by atomic mass is 19.1. The molecule has 0 bridgehead atoms. The second kappa shape index (κ2) is 16.4. The van der Waals surface area contributed by atoms with Crippen LogP contribution >= 0.6 is 0 Å². The predicted octanol–water partition coefficient (Wildman–Crippen LogP) is 8.12. The number of esters is 1. The summed E-state index contributed by atoms with van der Waals surface area (Å²) in [7, 11) is 1.58. The van der Waals surface area contributed by atoms with Gasteiger partial charge in [-0.15, -0.1) is 0 Å². The molecular weight excluding hydrogens is 673 g/mol. The Balaban J connectivity index is 1.68. The van der Waals surface area contributed by atoms with Gasteiger partial charge in [0.2, 0.25) is 5.79 Å². The average molecular weight is 728 g/mol. The molecule has 11 nitrogen and oxygen atoms in total. The van der Waals surface area contributed by atoms with E-state index in [1.54, 1.807) is 106 Å². The number of aliphatic hydroxyl groups is 1. The quantitative estimate of drug-likeness (QED) is 0.203. The van der Waals surface area contributed by atoms with Crippen LogP contribution in [0.4, 0.5) is 14.9 Å². The lowest BCUT2D eigenvalue weighted by Crippen LogP contribution is -2.40. The second-order valence-electron chi connectivity index (χ2n) is 15.0. The van der Waals surface area contributed by atoms with Gasteiger partial charge in [-0.3, -0.25) is 4.90 Å². The zero-order chi connectivity index (χ0) is 38.6. The van der Waals surface area contributed by atoms with Gasteiger partial charge >= 0.3 is 12.1 Å². The molecule has 0 unspecified atom stereocenters. The second-order valence-corrected chi connectivity index (χ2v) is 15.0. The molecule has 2 heterocycles. The molecular formula is C40H54FNO10. The largest absolute Gasteiger partial charge is 0.497 e. The summed E-state index contributed by atoms with van der Waals surface area (Å²) in [6, 6.07) is 10.6. The summed E-state index contributed by atoms with van der Waals surface area (Å²) in [6.45, 7) is 17.6. The fourth-order valence-electron chi connectivity index (χ4n) is 5.86. The van der Waals surface area contributed by atoms with Crippen LogP contribution in [0.2, 0.25) is 0 Å². The van der Waals surface area contributed by atoms with E-state index in [1.165, 1.54) is 11.0 Å². The number of fused-ring (bicyclic) bond motifs is 1. The number of nitrogens with zero attached hydrogens (tertiary/aromatic N) is 1. The Morgan fingerprint density at radius 3 is 2.33 bits per heavy atom. The maximum absolute atomic E-state index is 16.1. The van der Waals surface area contributed by atoms with Crippen molar-refractivity contribution in [2.45, 2.75) is 124 Å². The summed E-state index contributed by atoms with van der Waals surface area (Å²) >= 11 is 0. The third-order valence-electron chi connectivity index (χ3n) is 8.49. The minimum Gasteiger partial charge on any atom is -0.497 e. The van der Waals surface area contributed by atoms with E-state index in [0.29, 0.717) is 23.5 Å². The minimum absolute atomic E-state index is 0.0742. The SMILES string of the molecule is CCN(C(=O)OC(C)(C)C)c1cc(C=CC[C@@H]2OC(C)(C)O[C@@H]2[C@H](OCc2ccc(OC)cc2)C(F)=C[C@@H](C)[C@H](C)O)c2c(c1)OC(C)(C)OC2=O. The first kappa shape index (κ1) is 40.8. The molecule has 1 N–H and O–H groups in total. The first-order valence-corrected chi connectivity index (χ1v) is 17.7. The molecule has 1 fully saturated rings. The van der Waals surface area contributed by atoms with Gasteiger partial charge in [-0.05, 0) is 90.3 Å². The fraction of sp³-hybridized carbons (Fsp3) is 0.550. The van der Waals surface area contributed by atoms with Gasteiger partial charge < -0.3 is 38.3 Å². The number of hydrogen-bond acceptors (Lipinski definition) is 10. The van der Waals surface area contributed by atoms with Crippen molar-refractivity contribution in [3.05, 3.63) is 71.1 Å². The number of hydrogen-bond donors (Lipinski definition) is 1. The number of rotatable bonds is 13. The smallest absolute Gasteiger partial charge is 0.414 e. The summed E-state index contributed by atoms with van der Waals surface area (Å²) in [5.74, 6) is -3.03. The number of anilines is 1. The topological polar surface area (TPSA) is 122 Å². The van der Waals surface area contributed by atoms with Crippen LogP contribution in [0.15, 0.2) is 54.4 Å². The van der Waals surface area contributed by atoms with Crippen LogP contribution in [0.1, 0.15) is 97.1 Å². The van der Waals surface area contributed by atoms with Gasteiger partial charge in [-0.1, -0.05) is 31.2 Å². The average Bonchev–Trinajstić information content (AvgIpc) is 3.33. The van der Waals surface area contributed by atoms with E-state index in [4.69, 9.17) is 33.2 Å². The molecule has 2 aromatic rings. The molecule has 2 aromatic carbocycles.